The number of nitrogens with zero attached hydrogens (tertiary/aromatic N) is 1. The second kappa shape index (κ2) is 7.56. The zero-order chi connectivity index (χ0) is 14.2. The summed E-state index contributed by atoms with van der Waals surface area (Å²) in [4.78, 5) is 2.26. The quantitative estimate of drug-likeness (QED) is 0.836. The fraction of sp³-hybridized carbons (Fsp3) is 0.294. The molecule has 0 saturated heterocycles. The molecule has 0 spiro atoms. The molecule has 1 N–H and O–H groups in total. The summed E-state index contributed by atoms with van der Waals surface area (Å²) < 4.78 is 5.78. The molecule has 2 aromatic rings. The Bertz CT molecular complexity index is 513. The van der Waals surface area contributed by atoms with Crippen LogP contribution < -0.4 is 10.1 Å². The minimum absolute atomic E-state index is 0.691. The molecule has 0 heterocycles. The largest absolute Gasteiger partial charge is 0.492 e. The molecule has 0 bridgehead atoms. The first-order valence-electron chi connectivity index (χ1n) is 6.91. The van der Waals surface area contributed by atoms with E-state index in [2.05, 4.69) is 41.5 Å². The van der Waals surface area contributed by atoms with Gasteiger partial charge in [-0.25, -0.2) is 0 Å². The SMILES string of the molecule is CNc1cccc(OCCN(C)Cc2ccccc2)c1. The summed E-state index contributed by atoms with van der Waals surface area (Å²) >= 11 is 0. The Balaban J connectivity index is 1.75. The summed E-state index contributed by atoms with van der Waals surface area (Å²) in [6, 6.07) is 18.5. The van der Waals surface area contributed by atoms with E-state index in [9.17, 15) is 0 Å². The third-order valence-electron chi connectivity index (χ3n) is 3.16. The Kier molecular flexibility index (Phi) is 5.44. The molecule has 3 heteroatoms. The van der Waals surface area contributed by atoms with E-state index in [4.69, 9.17) is 4.74 Å². The van der Waals surface area contributed by atoms with Crippen molar-refractivity contribution in [1.29, 1.82) is 0 Å². The fourth-order valence-corrected chi connectivity index (χ4v) is 2.03. The van der Waals surface area contributed by atoms with Crippen LogP contribution in [0.25, 0.3) is 0 Å². The number of benzene rings is 2. The standard InChI is InChI=1S/C17H22N2O/c1-18-16-9-6-10-17(13-16)20-12-11-19(2)14-15-7-4-3-5-8-15/h3-10,13,18H,11-12,14H2,1-2H3. The van der Waals surface area contributed by atoms with Crippen LogP contribution in [0.15, 0.2) is 54.6 Å². The van der Waals surface area contributed by atoms with Gasteiger partial charge in [0.1, 0.15) is 12.4 Å². The molecule has 3 nitrogen and oxygen atoms in total. The van der Waals surface area contributed by atoms with Gasteiger partial charge in [-0.3, -0.25) is 4.90 Å². The molecule has 0 fully saturated rings. The lowest BCUT2D eigenvalue weighted by Gasteiger charge is -2.17. The summed E-state index contributed by atoms with van der Waals surface area (Å²) in [5.41, 5.74) is 2.40. The molecule has 0 radical (unpaired) electrons. The van der Waals surface area contributed by atoms with Gasteiger partial charge in [-0.15, -0.1) is 0 Å². The van der Waals surface area contributed by atoms with Gasteiger partial charge < -0.3 is 10.1 Å². The molecule has 0 aromatic heterocycles. The summed E-state index contributed by atoms with van der Waals surface area (Å²) in [5, 5.41) is 3.11. The highest BCUT2D eigenvalue weighted by molar-refractivity contribution is 5.47. The van der Waals surface area contributed by atoms with Gasteiger partial charge in [0.2, 0.25) is 0 Å². The third-order valence-corrected chi connectivity index (χ3v) is 3.16. The number of hydrogen-bond donors (Lipinski definition) is 1. The number of ether oxygens (including phenoxy) is 1. The molecule has 106 valence electrons. The normalized spacial score (nSPS) is 10.6. The average molecular weight is 270 g/mol. The van der Waals surface area contributed by atoms with E-state index >= 15 is 0 Å². The van der Waals surface area contributed by atoms with Gasteiger partial charge in [-0.2, -0.15) is 0 Å². The van der Waals surface area contributed by atoms with E-state index in [1.54, 1.807) is 0 Å². The van der Waals surface area contributed by atoms with E-state index in [0.29, 0.717) is 6.61 Å². The van der Waals surface area contributed by atoms with E-state index in [1.807, 2.05) is 37.4 Å². The maximum Gasteiger partial charge on any atom is 0.121 e. The van der Waals surface area contributed by atoms with Crippen molar-refractivity contribution in [2.45, 2.75) is 6.54 Å². The molecule has 20 heavy (non-hydrogen) atoms. The Morgan fingerprint density at radius 2 is 1.85 bits per heavy atom. The number of rotatable bonds is 7. The highest BCUT2D eigenvalue weighted by atomic mass is 16.5. The highest BCUT2D eigenvalue weighted by Crippen LogP contribution is 2.16. The van der Waals surface area contributed by atoms with Crippen LogP contribution in [-0.2, 0) is 6.54 Å². The molecule has 0 saturated carbocycles. The lowest BCUT2D eigenvalue weighted by atomic mass is 10.2. The predicted molar refractivity (Wildman–Crippen MR) is 84.3 cm³/mol. The van der Waals surface area contributed by atoms with E-state index < -0.39 is 0 Å². The van der Waals surface area contributed by atoms with Gasteiger partial charge >= 0.3 is 0 Å². The fourth-order valence-electron chi connectivity index (χ4n) is 2.03. The Morgan fingerprint density at radius 3 is 2.60 bits per heavy atom. The van der Waals surface area contributed by atoms with Crippen LogP contribution in [-0.4, -0.2) is 32.1 Å². The minimum Gasteiger partial charge on any atom is -0.492 e. The second-order valence-corrected chi connectivity index (χ2v) is 4.85. The Hall–Kier alpha value is -2.00. The average Bonchev–Trinajstić information content (AvgIpc) is 2.48. The highest BCUT2D eigenvalue weighted by Gasteiger charge is 2.01. The lowest BCUT2D eigenvalue weighted by Crippen LogP contribution is -2.23. The number of anilines is 1. The van der Waals surface area contributed by atoms with Gasteiger partial charge in [-0.1, -0.05) is 36.4 Å². The van der Waals surface area contributed by atoms with Crippen LogP contribution in [0, 0.1) is 0 Å². The number of hydrogen-bond acceptors (Lipinski definition) is 3. The van der Waals surface area contributed by atoms with Crippen molar-refractivity contribution in [3.05, 3.63) is 60.2 Å². The van der Waals surface area contributed by atoms with Crippen LogP contribution in [0.2, 0.25) is 0 Å². The van der Waals surface area contributed by atoms with Crippen molar-refractivity contribution < 1.29 is 4.74 Å². The van der Waals surface area contributed by atoms with Gasteiger partial charge in [0, 0.05) is 31.9 Å². The van der Waals surface area contributed by atoms with E-state index in [0.717, 1.165) is 24.5 Å². The van der Waals surface area contributed by atoms with Crippen LogP contribution in [0.4, 0.5) is 5.69 Å². The van der Waals surface area contributed by atoms with Crippen molar-refractivity contribution in [2.75, 3.05) is 32.6 Å². The van der Waals surface area contributed by atoms with Gasteiger partial charge in [-0.05, 0) is 24.7 Å². The Labute approximate surface area is 121 Å². The summed E-state index contributed by atoms with van der Waals surface area (Å²) in [5.74, 6) is 0.907. The molecule has 2 aromatic carbocycles. The van der Waals surface area contributed by atoms with Crippen molar-refractivity contribution in [3.63, 3.8) is 0 Å². The molecule has 0 amide bonds. The summed E-state index contributed by atoms with van der Waals surface area (Å²) in [6.45, 7) is 2.54. The molecule has 0 unspecified atom stereocenters. The van der Waals surface area contributed by atoms with Gasteiger partial charge in [0.25, 0.3) is 0 Å². The molecule has 2 rings (SSSR count). The number of likely N-dealkylation sites (N-methyl/N-ethyl adjacent to an activating group) is 1. The van der Waals surface area contributed by atoms with Crippen LogP contribution >= 0.6 is 0 Å². The maximum absolute atomic E-state index is 5.78. The first-order valence-corrected chi connectivity index (χ1v) is 6.91. The zero-order valence-corrected chi connectivity index (χ0v) is 12.2. The third kappa shape index (κ3) is 4.59. The predicted octanol–water partition coefficient (Wildman–Crippen LogP) is 3.24. The Morgan fingerprint density at radius 1 is 1.05 bits per heavy atom. The molecule has 0 aliphatic heterocycles. The van der Waals surface area contributed by atoms with E-state index in [-0.39, 0.29) is 0 Å². The van der Waals surface area contributed by atoms with E-state index in [1.165, 1.54) is 5.56 Å². The molecule has 0 atom stereocenters. The lowest BCUT2D eigenvalue weighted by molar-refractivity contribution is 0.233. The van der Waals surface area contributed by atoms with Crippen LogP contribution in [0.1, 0.15) is 5.56 Å². The second-order valence-electron chi connectivity index (χ2n) is 4.85. The van der Waals surface area contributed by atoms with Crippen molar-refractivity contribution in [2.24, 2.45) is 0 Å². The monoisotopic (exact) mass is 270 g/mol. The van der Waals surface area contributed by atoms with Crippen molar-refractivity contribution in [1.82, 2.24) is 4.90 Å². The first-order chi connectivity index (χ1) is 9.78. The first kappa shape index (κ1) is 14.4. The van der Waals surface area contributed by atoms with Crippen LogP contribution in [0.3, 0.4) is 0 Å². The van der Waals surface area contributed by atoms with Gasteiger partial charge in [0.15, 0.2) is 0 Å². The number of nitrogens with one attached hydrogen (secondary N) is 1. The molecular weight excluding hydrogens is 248 g/mol. The summed E-state index contributed by atoms with van der Waals surface area (Å²) in [7, 11) is 4.02. The minimum atomic E-state index is 0.691. The molecule has 0 aliphatic rings. The topological polar surface area (TPSA) is 24.5 Å². The van der Waals surface area contributed by atoms with Crippen molar-refractivity contribution >= 4 is 5.69 Å². The van der Waals surface area contributed by atoms with Gasteiger partial charge in [0.05, 0.1) is 0 Å². The maximum atomic E-state index is 5.78. The zero-order valence-electron chi connectivity index (χ0n) is 12.2. The molecular formula is C17H22N2O. The molecule has 0 aliphatic carbocycles. The van der Waals surface area contributed by atoms with Crippen molar-refractivity contribution in [3.8, 4) is 5.75 Å². The smallest absolute Gasteiger partial charge is 0.121 e. The summed E-state index contributed by atoms with van der Waals surface area (Å²) in [6.07, 6.45) is 0. The van der Waals surface area contributed by atoms with Crippen LogP contribution in [0.5, 0.6) is 5.75 Å².